The van der Waals surface area contributed by atoms with Gasteiger partial charge in [-0.15, -0.1) is 0 Å². The summed E-state index contributed by atoms with van der Waals surface area (Å²) in [6.07, 6.45) is 2.92. The summed E-state index contributed by atoms with van der Waals surface area (Å²) in [5.41, 5.74) is 2.69. The lowest BCUT2D eigenvalue weighted by Gasteiger charge is -2.31. The minimum Gasteiger partial charge on any atom is -0.368 e. The molecule has 1 heterocycles. The molecular weight excluding hydrogens is 222 g/mol. The Morgan fingerprint density at radius 1 is 1.22 bits per heavy atom. The molecule has 1 aromatic rings. The first kappa shape index (κ1) is 13.6. The minimum atomic E-state index is 0.219. The van der Waals surface area contributed by atoms with Crippen molar-refractivity contribution in [2.24, 2.45) is 0 Å². The lowest BCUT2D eigenvalue weighted by atomic mass is 9.99. The van der Waals surface area contributed by atoms with Crippen molar-refractivity contribution >= 4 is 0 Å². The van der Waals surface area contributed by atoms with E-state index in [1.807, 2.05) is 0 Å². The van der Waals surface area contributed by atoms with Crippen LogP contribution in [0.2, 0.25) is 0 Å². The van der Waals surface area contributed by atoms with Gasteiger partial charge in [0.05, 0.1) is 12.2 Å². The fraction of sp³-hybridized carbons (Fsp3) is 0.625. The van der Waals surface area contributed by atoms with Gasteiger partial charge in [-0.25, -0.2) is 0 Å². The van der Waals surface area contributed by atoms with Gasteiger partial charge in [0, 0.05) is 13.1 Å². The van der Waals surface area contributed by atoms with Crippen LogP contribution in [0.1, 0.15) is 56.8 Å². The Labute approximate surface area is 111 Å². The minimum absolute atomic E-state index is 0.219. The second-order valence-electron chi connectivity index (χ2n) is 5.52. The lowest BCUT2D eigenvalue weighted by Crippen LogP contribution is -2.40. The predicted octanol–water partition coefficient (Wildman–Crippen LogP) is 3.64. The molecule has 2 unspecified atom stereocenters. The zero-order valence-electron chi connectivity index (χ0n) is 11.8. The van der Waals surface area contributed by atoms with E-state index in [2.05, 4.69) is 50.4 Å². The number of benzene rings is 1. The number of morpholine rings is 1. The van der Waals surface area contributed by atoms with Crippen molar-refractivity contribution in [1.82, 2.24) is 5.32 Å². The molecule has 1 aliphatic rings. The molecule has 100 valence electrons. The summed E-state index contributed by atoms with van der Waals surface area (Å²) >= 11 is 0. The van der Waals surface area contributed by atoms with Gasteiger partial charge in [-0.2, -0.15) is 0 Å². The highest BCUT2D eigenvalue weighted by Crippen LogP contribution is 2.24. The highest BCUT2D eigenvalue weighted by Gasteiger charge is 2.22. The zero-order chi connectivity index (χ0) is 13.0. The smallest absolute Gasteiger partial charge is 0.0953 e. The number of rotatable bonds is 4. The molecule has 2 rings (SSSR count). The van der Waals surface area contributed by atoms with Gasteiger partial charge in [-0.3, -0.25) is 0 Å². The molecular formula is C16H25NO. The fourth-order valence-electron chi connectivity index (χ4n) is 2.49. The average molecular weight is 247 g/mol. The van der Waals surface area contributed by atoms with Crippen LogP contribution in [0.15, 0.2) is 24.3 Å². The van der Waals surface area contributed by atoms with E-state index >= 15 is 0 Å². The molecule has 1 fully saturated rings. The highest BCUT2D eigenvalue weighted by molar-refractivity contribution is 5.26. The van der Waals surface area contributed by atoms with Crippen molar-refractivity contribution in [3.8, 4) is 0 Å². The van der Waals surface area contributed by atoms with E-state index in [0.717, 1.165) is 19.5 Å². The van der Waals surface area contributed by atoms with Crippen LogP contribution in [0.5, 0.6) is 0 Å². The van der Waals surface area contributed by atoms with Crippen molar-refractivity contribution in [3.05, 3.63) is 35.4 Å². The molecule has 0 radical (unpaired) electrons. The van der Waals surface area contributed by atoms with Crippen molar-refractivity contribution in [2.75, 3.05) is 13.1 Å². The Balaban J connectivity index is 2.02. The van der Waals surface area contributed by atoms with Gasteiger partial charge in [0.25, 0.3) is 0 Å². The van der Waals surface area contributed by atoms with E-state index in [9.17, 15) is 0 Å². The summed E-state index contributed by atoms with van der Waals surface area (Å²) in [4.78, 5) is 0. The maximum Gasteiger partial charge on any atom is 0.0953 e. The summed E-state index contributed by atoms with van der Waals surface area (Å²) in [6, 6.07) is 8.89. The second kappa shape index (κ2) is 6.35. The van der Waals surface area contributed by atoms with E-state index in [-0.39, 0.29) is 6.10 Å². The number of hydrogen-bond donors (Lipinski definition) is 1. The first-order chi connectivity index (χ1) is 8.70. The summed E-state index contributed by atoms with van der Waals surface area (Å²) in [5.74, 6) is 0.595. The van der Waals surface area contributed by atoms with E-state index in [1.165, 1.54) is 17.5 Å². The van der Waals surface area contributed by atoms with Crippen LogP contribution >= 0.6 is 0 Å². The van der Waals surface area contributed by atoms with Gasteiger partial charge in [0.1, 0.15) is 0 Å². The first-order valence-corrected chi connectivity index (χ1v) is 7.16. The van der Waals surface area contributed by atoms with Crippen molar-refractivity contribution in [1.29, 1.82) is 0 Å². The van der Waals surface area contributed by atoms with Gasteiger partial charge in [0.2, 0.25) is 0 Å². The largest absolute Gasteiger partial charge is 0.368 e. The van der Waals surface area contributed by atoms with Crippen molar-refractivity contribution < 1.29 is 4.74 Å². The molecule has 2 atom stereocenters. The Kier molecular flexibility index (Phi) is 4.79. The number of nitrogens with one attached hydrogen (secondary N) is 1. The van der Waals surface area contributed by atoms with Crippen LogP contribution in [-0.2, 0) is 4.74 Å². The summed E-state index contributed by atoms with van der Waals surface area (Å²) in [6.45, 7) is 8.59. The maximum atomic E-state index is 6.15. The Morgan fingerprint density at radius 2 is 1.94 bits per heavy atom. The molecule has 2 heteroatoms. The van der Waals surface area contributed by atoms with E-state index in [1.54, 1.807) is 0 Å². The van der Waals surface area contributed by atoms with Crippen LogP contribution in [-0.4, -0.2) is 19.2 Å². The van der Waals surface area contributed by atoms with Crippen molar-refractivity contribution in [3.63, 3.8) is 0 Å². The molecule has 0 spiro atoms. The molecule has 18 heavy (non-hydrogen) atoms. The second-order valence-corrected chi connectivity index (χ2v) is 5.52. The molecule has 0 bridgehead atoms. The van der Waals surface area contributed by atoms with Gasteiger partial charge in [-0.1, -0.05) is 51.5 Å². The standard InChI is InChI=1S/C16H25NO/c1-4-5-15-10-17-11-16(18-15)14-8-6-13(7-9-14)12(2)3/h6-9,12,15-17H,4-5,10-11H2,1-3H3. The lowest BCUT2D eigenvalue weighted by molar-refractivity contribution is -0.0425. The van der Waals surface area contributed by atoms with Gasteiger partial charge >= 0.3 is 0 Å². The molecule has 1 aliphatic heterocycles. The van der Waals surface area contributed by atoms with Crippen molar-refractivity contribution in [2.45, 2.75) is 51.7 Å². The monoisotopic (exact) mass is 247 g/mol. The third kappa shape index (κ3) is 3.33. The van der Waals surface area contributed by atoms with Crippen LogP contribution in [0.25, 0.3) is 0 Å². The van der Waals surface area contributed by atoms with E-state index in [0.29, 0.717) is 12.0 Å². The Hall–Kier alpha value is -0.860. The fourth-order valence-corrected chi connectivity index (χ4v) is 2.49. The van der Waals surface area contributed by atoms with Crippen LogP contribution < -0.4 is 5.32 Å². The summed E-state index contributed by atoms with van der Waals surface area (Å²) in [5, 5.41) is 3.48. The molecule has 1 saturated heterocycles. The Morgan fingerprint density at radius 3 is 2.56 bits per heavy atom. The average Bonchev–Trinajstić information content (AvgIpc) is 2.39. The van der Waals surface area contributed by atoms with Gasteiger partial charge in [-0.05, 0) is 23.5 Å². The van der Waals surface area contributed by atoms with Crippen LogP contribution in [0.3, 0.4) is 0 Å². The topological polar surface area (TPSA) is 21.3 Å². The third-order valence-corrected chi connectivity index (χ3v) is 3.64. The number of hydrogen-bond acceptors (Lipinski definition) is 2. The molecule has 1 aromatic carbocycles. The Bertz CT molecular complexity index is 356. The van der Waals surface area contributed by atoms with Gasteiger partial charge < -0.3 is 10.1 Å². The molecule has 0 aromatic heterocycles. The van der Waals surface area contributed by atoms with E-state index in [4.69, 9.17) is 4.74 Å². The van der Waals surface area contributed by atoms with Gasteiger partial charge in [0.15, 0.2) is 0 Å². The predicted molar refractivity (Wildman–Crippen MR) is 75.9 cm³/mol. The van der Waals surface area contributed by atoms with E-state index < -0.39 is 0 Å². The molecule has 2 nitrogen and oxygen atoms in total. The molecule has 1 N–H and O–H groups in total. The molecule has 0 saturated carbocycles. The summed E-state index contributed by atoms with van der Waals surface area (Å²) < 4.78 is 6.15. The zero-order valence-corrected chi connectivity index (χ0v) is 11.8. The maximum absolute atomic E-state index is 6.15. The summed E-state index contributed by atoms with van der Waals surface area (Å²) in [7, 11) is 0. The molecule has 0 aliphatic carbocycles. The SMILES string of the molecule is CCCC1CNCC(c2ccc(C(C)C)cc2)O1. The third-order valence-electron chi connectivity index (χ3n) is 3.64. The van der Waals surface area contributed by atoms with Crippen LogP contribution in [0.4, 0.5) is 0 Å². The molecule has 0 amide bonds. The van der Waals surface area contributed by atoms with Crippen LogP contribution in [0, 0.1) is 0 Å². The number of ether oxygens (including phenoxy) is 1. The quantitative estimate of drug-likeness (QED) is 0.877. The highest BCUT2D eigenvalue weighted by atomic mass is 16.5. The normalized spacial score (nSPS) is 24.4. The first-order valence-electron chi connectivity index (χ1n) is 7.16.